The van der Waals surface area contributed by atoms with E-state index in [1.54, 1.807) is 0 Å². The molecular weight excluding hydrogens is 359 g/mol. The third-order valence-corrected chi connectivity index (χ3v) is 5.78. The Morgan fingerprint density at radius 2 is 1.62 bits per heavy atom. The molecule has 2 N–H and O–H groups in total. The van der Waals surface area contributed by atoms with Gasteiger partial charge in [0, 0.05) is 0 Å². The van der Waals surface area contributed by atoms with Crippen molar-refractivity contribution in [2.45, 2.75) is 57.5 Å². The van der Waals surface area contributed by atoms with Crippen LogP contribution in [-0.2, 0) is 23.6 Å². The van der Waals surface area contributed by atoms with Gasteiger partial charge >= 0.3 is 19.5 Å². The molecular formula is C18H31O7P. The van der Waals surface area contributed by atoms with Crippen molar-refractivity contribution >= 4 is 19.5 Å². The molecule has 150 valence electrons. The van der Waals surface area contributed by atoms with Crippen LogP contribution in [0.4, 0.5) is 0 Å². The van der Waals surface area contributed by atoms with Gasteiger partial charge in [-0.15, -0.1) is 13.2 Å². The SMILES string of the molecule is C=CCC(C(=O)OCCCC)C(CC=C)(C(=O)OCCCC)P(=O)(O)O. The summed E-state index contributed by atoms with van der Waals surface area (Å²) in [6.07, 6.45) is 4.67. The number of hydrogen-bond donors (Lipinski definition) is 2. The van der Waals surface area contributed by atoms with E-state index in [4.69, 9.17) is 9.47 Å². The van der Waals surface area contributed by atoms with E-state index in [2.05, 4.69) is 13.2 Å². The van der Waals surface area contributed by atoms with Crippen LogP contribution in [0.5, 0.6) is 0 Å². The van der Waals surface area contributed by atoms with Gasteiger partial charge in [-0.25, -0.2) is 0 Å². The normalized spacial score (nSPS) is 14.8. The molecule has 0 saturated carbocycles. The molecule has 2 unspecified atom stereocenters. The summed E-state index contributed by atoms with van der Waals surface area (Å²) in [5.41, 5.74) is 0. The number of carbonyl (C=O) groups is 2. The van der Waals surface area contributed by atoms with Gasteiger partial charge in [0.15, 0.2) is 5.16 Å². The maximum Gasteiger partial charge on any atom is 0.344 e. The van der Waals surface area contributed by atoms with Crippen molar-refractivity contribution < 1.29 is 33.4 Å². The minimum atomic E-state index is -5.10. The van der Waals surface area contributed by atoms with Crippen LogP contribution in [0.3, 0.4) is 0 Å². The molecule has 0 rings (SSSR count). The van der Waals surface area contributed by atoms with Gasteiger partial charge in [0.1, 0.15) is 0 Å². The van der Waals surface area contributed by atoms with Crippen LogP contribution < -0.4 is 0 Å². The lowest BCUT2D eigenvalue weighted by molar-refractivity contribution is -0.159. The highest BCUT2D eigenvalue weighted by Gasteiger charge is 2.61. The number of ether oxygens (including phenoxy) is 2. The lowest BCUT2D eigenvalue weighted by atomic mass is 9.85. The molecule has 0 radical (unpaired) electrons. The quantitative estimate of drug-likeness (QED) is 0.202. The monoisotopic (exact) mass is 390 g/mol. The molecule has 0 saturated heterocycles. The smallest absolute Gasteiger partial charge is 0.344 e. The predicted molar refractivity (Wildman–Crippen MR) is 99.6 cm³/mol. The fraction of sp³-hybridized carbons (Fsp3) is 0.667. The molecule has 0 aliphatic carbocycles. The molecule has 0 bridgehead atoms. The van der Waals surface area contributed by atoms with E-state index < -0.39 is 37.0 Å². The number of carbonyl (C=O) groups excluding carboxylic acids is 2. The summed E-state index contributed by atoms with van der Waals surface area (Å²) in [7, 11) is -5.10. The Bertz CT molecular complexity index is 526. The van der Waals surface area contributed by atoms with Crippen molar-refractivity contribution in [3.63, 3.8) is 0 Å². The Morgan fingerprint density at radius 3 is 2.04 bits per heavy atom. The first-order chi connectivity index (χ1) is 12.2. The first kappa shape index (κ1) is 24.6. The Morgan fingerprint density at radius 1 is 1.08 bits per heavy atom. The molecule has 0 heterocycles. The van der Waals surface area contributed by atoms with Gasteiger partial charge in [-0.1, -0.05) is 38.8 Å². The molecule has 0 aliphatic rings. The molecule has 0 aromatic rings. The van der Waals surface area contributed by atoms with Crippen molar-refractivity contribution in [1.82, 2.24) is 0 Å². The van der Waals surface area contributed by atoms with E-state index in [1.807, 2.05) is 13.8 Å². The lowest BCUT2D eigenvalue weighted by Gasteiger charge is -2.36. The number of allylic oxidation sites excluding steroid dienone is 2. The van der Waals surface area contributed by atoms with Crippen LogP contribution >= 0.6 is 7.60 Å². The zero-order valence-corrected chi connectivity index (χ0v) is 16.6. The van der Waals surface area contributed by atoms with Gasteiger partial charge in [-0.2, -0.15) is 0 Å². The minimum Gasteiger partial charge on any atom is -0.465 e. The Hall–Kier alpha value is -1.43. The first-order valence-electron chi connectivity index (χ1n) is 8.84. The van der Waals surface area contributed by atoms with E-state index in [9.17, 15) is 23.9 Å². The summed E-state index contributed by atoms with van der Waals surface area (Å²) >= 11 is 0. The van der Waals surface area contributed by atoms with Crippen LogP contribution in [0.1, 0.15) is 52.4 Å². The van der Waals surface area contributed by atoms with Gasteiger partial charge in [0.2, 0.25) is 0 Å². The van der Waals surface area contributed by atoms with Crippen LogP contribution in [-0.4, -0.2) is 40.1 Å². The minimum absolute atomic E-state index is 0.0138. The number of unbranched alkanes of at least 4 members (excludes halogenated alkanes) is 2. The maximum absolute atomic E-state index is 12.7. The Labute approximate surface area is 155 Å². The lowest BCUT2D eigenvalue weighted by Crippen LogP contribution is -2.50. The summed E-state index contributed by atoms with van der Waals surface area (Å²) in [6.45, 7) is 10.9. The zero-order valence-electron chi connectivity index (χ0n) is 15.7. The topological polar surface area (TPSA) is 110 Å². The maximum atomic E-state index is 12.7. The number of rotatable bonds is 14. The summed E-state index contributed by atoms with van der Waals surface area (Å²) in [5, 5.41) is -2.38. The van der Waals surface area contributed by atoms with E-state index in [-0.39, 0.29) is 19.6 Å². The van der Waals surface area contributed by atoms with Gasteiger partial charge in [-0.3, -0.25) is 14.2 Å². The van der Waals surface area contributed by atoms with Crippen molar-refractivity contribution in [2.24, 2.45) is 5.92 Å². The molecule has 0 aromatic heterocycles. The molecule has 7 nitrogen and oxygen atoms in total. The number of hydrogen-bond acceptors (Lipinski definition) is 5. The second-order valence-electron chi connectivity index (χ2n) is 6.05. The van der Waals surface area contributed by atoms with Crippen molar-refractivity contribution in [3.8, 4) is 0 Å². The van der Waals surface area contributed by atoms with Crippen LogP contribution in [0, 0.1) is 5.92 Å². The van der Waals surface area contributed by atoms with E-state index in [0.717, 1.165) is 12.8 Å². The molecule has 0 fully saturated rings. The fourth-order valence-corrected chi connectivity index (χ4v) is 3.82. The van der Waals surface area contributed by atoms with E-state index in [0.29, 0.717) is 12.8 Å². The zero-order chi connectivity index (χ0) is 20.2. The highest BCUT2D eigenvalue weighted by molar-refractivity contribution is 7.55. The molecule has 0 amide bonds. The van der Waals surface area contributed by atoms with Crippen LogP contribution in [0.15, 0.2) is 25.3 Å². The van der Waals surface area contributed by atoms with E-state index >= 15 is 0 Å². The molecule has 8 heteroatoms. The van der Waals surface area contributed by atoms with Crippen LogP contribution in [0.25, 0.3) is 0 Å². The third-order valence-electron chi connectivity index (χ3n) is 4.07. The predicted octanol–water partition coefficient (Wildman–Crippen LogP) is 3.36. The Balaban J connectivity index is 5.97. The Kier molecular flexibility index (Phi) is 11.4. The molecule has 0 aliphatic heterocycles. The summed E-state index contributed by atoms with van der Waals surface area (Å²) in [5.74, 6) is -3.38. The number of esters is 2. The van der Waals surface area contributed by atoms with Crippen LogP contribution in [0.2, 0.25) is 0 Å². The third kappa shape index (κ3) is 6.38. The summed E-state index contributed by atoms with van der Waals surface area (Å²) < 4.78 is 22.6. The standard InChI is InChI=1S/C18H31O7P/c1-5-9-13-24-16(19)15(11-7-3)18(12-8-4,26(21,22)23)17(20)25-14-10-6-2/h7-8,15H,3-6,9-14H2,1-2H3,(H2,21,22,23). The van der Waals surface area contributed by atoms with Crippen molar-refractivity contribution in [3.05, 3.63) is 25.3 Å². The van der Waals surface area contributed by atoms with Crippen molar-refractivity contribution in [1.29, 1.82) is 0 Å². The highest BCUT2D eigenvalue weighted by atomic mass is 31.2. The average Bonchev–Trinajstić information content (AvgIpc) is 2.57. The largest absolute Gasteiger partial charge is 0.465 e. The first-order valence-corrected chi connectivity index (χ1v) is 10.4. The van der Waals surface area contributed by atoms with Gasteiger partial charge in [-0.05, 0) is 25.7 Å². The second-order valence-corrected chi connectivity index (χ2v) is 7.93. The molecule has 0 spiro atoms. The highest BCUT2D eigenvalue weighted by Crippen LogP contribution is 2.58. The average molecular weight is 390 g/mol. The molecule has 0 aromatic carbocycles. The summed E-state index contributed by atoms with van der Waals surface area (Å²) in [6, 6.07) is 0. The van der Waals surface area contributed by atoms with Gasteiger partial charge in [0.05, 0.1) is 19.1 Å². The van der Waals surface area contributed by atoms with Gasteiger partial charge < -0.3 is 19.3 Å². The summed E-state index contributed by atoms with van der Waals surface area (Å²) in [4.78, 5) is 45.3. The molecule has 26 heavy (non-hydrogen) atoms. The van der Waals surface area contributed by atoms with E-state index in [1.165, 1.54) is 12.2 Å². The fourth-order valence-electron chi connectivity index (χ4n) is 2.53. The van der Waals surface area contributed by atoms with Crippen molar-refractivity contribution in [2.75, 3.05) is 13.2 Å². The van der Waals surface area contributed by atoms with Gasteiger partial charge in [0.25, 0.3) is 0 Å². The molecule has 2 atom stereocenters. The second kappa shape index (κ2) is 12.0.